The number of hydrogen-bond acceptors (Lipinski definition) is 7. The van der Waals surface area contributed by atoms with Crippen LogP contribution in [0.15, 0.2) is 36.4 Å². The topological polar surface area (TPSA) is 92.3 Å². The molecule has 1 amide bonds. The van der Waals surface area contributed by atoms with Crippen LogP contribution in [-0.4, -0.2) is 46.9 Å². The lowest BCUT2D eigenvalue weighted by Gasteiger charge is -2.13. The van der Waals surface area contributed by atoms with Crippen molar-refractivity contribution in [3.63, 3.8) is 0 Å². The number of anilines is 1. The average molecular weight is 375 g/mol. The molecule has 0 saturated heterocycles. The minimum atomic E-state index is -0.699. The quantitative estimate of drug-likeness (QED) is 0.709. The Bertz CT molecular complexity index is 794. The van der Waals surface area contributed by atoms with Gasteiger partial charge in [-0.05, 0) is 24.3 Å². The molecule has 0 atom stereocenters. The van der Waals surface area contributed by atoms with E-state index in [9.17, 15) is 9.59 Å². The summed E-state index contributed by atoms with van der Waals surface area (Å²) in [6, 6.07) is 9.73. The molecule has 0 aliphatic rings. The van der Waals surface area contributed by atoms with Gasteiger partial charge in [-0.1, -0.05) is 6.07 Å². The molecule has 0 aliphatic carbocycles. The van der Waals surface area contributed by atoms with Gasteiger partial charge in [0.15, 0.2) is 18.1 Å². The van der Waals surface area contributed by atoms with Crippen molar-refractivity contribution in [1.82, 2.24) is 0 Å². The van der Waals surface area contributed by atoms with Gasteiger partial charge in [0.1, 0.15) is 5.75 Å². The second-order valence-corrected chi connectivity index (χ2v) is 5.27. The van der Waals surface area contributed by atoms with E-state index in [1.807, 2.05) is 0 Å². The van der Waals surface area contributed by atoms with Crippen molar-refractivity contribution in [3.8, 4) is 23.0 Å². The van der Waals surface area contributed by atoms with Crippen molar-refractivity contribution in [3.05, 3.63) is 42.0 Å². The van der Waals surface area contributed by atoms with Gasteiger partial charge in [0.2, 0.25) is 5.75 Å². The van der Waals surface area contributed by atoms with Crippen molar-refractivity contribution >= 4 is 17.6 Å². The highest BCUT2D eigenvalue weighted by molar-refractivity contribution is 5.96. The molecule has 27 heavy (non-hydrogen) atoms. The summed E-state index contributed by atoms with van der Waals surface area (Å²) in [6.45, 7) is -0.452. The van der Waals surface area contributed by atoms with Crippen molar-refractivity contribution < 1.29 is 33.3 Å². The summed E-state index contributed by atoms with van der Waals surface area (Å²) in [5, 5.41) is 2.62. The summed E-state index contributed by atoms with van der Waals surface area (Å²) in [4.78, 5) is 24.3. The summed E-state index contributed by atoms with van der Waals surface area (Å²) in [5.74, 6) is 0.392. The molecule has 0 spiro atoms. The Morgan fingerprint density at radius 1 is 0.889 bits per heavy atom. The zero-order chi connectivity index (χ0) is 19.8. The van der Waals surface area contributed by atoms with E-state index in [4.69, 9.17) is 23.7 Å². The van der Waals surface area contributed by atoms with Gasteiger partial charge in [0.25, 0.3) is 5.91 Å². The molecule has 0 unspecified atom stereocenters. The van der Waals surface area contributed by atoms with Crippen LogP contribution in [0.25, 0.3) is 0 Å². The van der Waals surface area contributed by atoms with Crippen LogP contribution in [0.3, 0.4) is 0 Å². The maximum atomic E-state index is 12.3. The highest BCUT2D eigenvalue weighted by Crippen LogP contribution is 2.38. The van der Waals surface area contributed by atoms with E-state index in [0.717, 1.165) is 0 Å². The molecule has 2 aromatic carbocycles. The maximum absolute atomic E-state index is 12.3. The number of hydrogen-bond donors (Lipinski definition) is 1. The predicted molar refractivity (Wildman–Crippen MR) is 98.0 cm³/mol. The fraction of sp³-hybridized carbons (Fsp3) is 0.263. The van der Waals surface area contributed by atoms with Crippen LogP contribution in [0.4, 0.5) is 5.69 Å². The van der Waals surface area contributed by atoms with Crippen LogP contribution < -0.4 is 24.3 Å². The Morgan fingerprint density at radius 3 is 2.11 bits per heavy atom. The van der Waals surface area contributed by atoms with Gasteiger partial charge in [-0.15, -0.1) is 0 Å². The molecule has 0 aromatic heterocycles. The first-order chi connectivity index (χ1) is 13.0. The lowest BCUT2D eigenvalue weighted by atomic mass is 10.2. The second kappa shape index (κ2) is 9.33. The Morgan fingerprint density at radius 2 is 1.56 bits per heavy atom. The summed E-state index contributed by atoms with van der Waals surface area (Å²) in [6.07, 6.45) is 0. The van der Waals surface area contributed by atoms with Crippen LogP contribution in [0.5, 0.6) is 23.0 Å². The number of ether oxygens (including phenoxy) is 5. The Balaban J connectivity index is 2.03. The number of esters is 1. The van der Waals surface area contributed by atoms with E-state index >= 15 is 0 Å². The molecule has 0 saturated carbocycles. The Kier molecular flexibility index (Phi) is 6.87. The third-order valence-corrected chi connectivity index (χ3v) is 3.59. The first-order valence-corrected chi connectivity index (χ1v) is 7.93. The molecule has 2 aromatic rings. The summed E-state index contributed by atoms with van der Waals surface area (Å²) >= 11 is 0. The summed E-state index contributed by atoms with van der Waals surface area (Å²) in [7, 11) is 5.86. The molecular weight excluding hydrogens is 354 g/mol. The zero-order valence-corrected chi connectivity index (χ0v) is 15.5. The third-order valence-electron chi connectivity index (χ3n) is 3.59. The number of nitrogens with one attached hydrogen (secondary N) is 1. The number of rotatable bonds is 8. The van der Waals surface area contributed by atoms with E-state index in [2.05, 4.69) is 5.32 Å². The van der Waals surface area contributed by atoms with Crippen molar-refractivity contribution in [2.45, 2.75) is 0 Å². The molecule has 144 valence electrons. The van der Waals surface area contributed by atoms with Crippen LogP contribution in [-0.2, 0) is 9.53 Å². The zero-order valence-electron chi connectivity index (χ0n) is 15.5. The van der Waals surface area contributed by atoms with Gasteiger partial charge >= 0.3 is 5.97 Å². The molecule has 8 nitrogen and oxygen atoms in total. The number of amides is 1. The van der Waals surface area contributed by atoms with Crippen LogP contribution in [0.1, 0.15) is 10.4 Å². The second-order valence-electron chi connectivity index (χ2n) is 5.27. The molecule has 2 rings (SSSR count). The molecule has 0 radical (unpaired) electrons. The van der Waals surface area contributed by atoms with E-state index in [-0.39, 0.29) is 5.56 Å². The number of carbonyl (C=O) groups is 2. The minimum absolute atomic E-state index is 0.165. The van der Waals surface area contributed by atoms with E-state index < -0.39 is 18.5 Å². The Labute approximate surface area is 156 Å². The molecular formula is C19H21NO7. The van der Waals surface area contributed by atoms with Gasteiger partial charge in [-0.25, -0.2) is 4.79 Å². The summed E-state index contributed by atoms with van der Waals surface area (Å²) < 4.78 is 25.7. The first-order valence-electron chi connectivity index (χ1n) is 7.93. The molecule has 1 N–H and O–H groups in total. The number of methoxy groups -OCH3 is 4. The minimum Gasteiger partial charge on any atom is -0.497 e. The monoisotopic (exact) mass is 375 g/mol. The van der Waals surface area contributed by atoms with Crippen molar-refractivity contribution in [2.75, 3.05) is 40.4 Å². The van der Waals surface area contributed by atoms with E-state index in [1.54, 1.807) is 24.3 Å². The van der Waals surface area contributed by atoms with Gasteiger partial charge in [0, 0.05) is 11.8 Å². The Hall–Kier alpha value is -3.42. The van der Waals surface area contributed by atoms with Crippen LogP contribution in [0, 0.1) is 0 Å². The fourth-order valence-corrected chi connectivity index (χ4v) is 2.31. The van der Waals surface area contributed by atoms with Crippen LogP contribution in [0.2, 0.25) is 0 Å². The third kappa shape index (κ3) is 5.04. The molecule has 8 heteroatoms. The van der Waals surface area contributed by atoms with Crippen molar-refractivity contribution in [2.24, 2.45) is 0 Å². The largest absolute Gasteiger partial charge is 0.497 e. The molecule has 0 fully saturated rings. The van der Waals surface area contributed by atoms with Crippen molar-refractivity contribution in [1.29, 1.82) is 0 Å². The SMILES string of the molecule is COc1cccc(NC(=O)COC(=O)c2cc(OC)c(OC)c(OC)c2)c1. The smallest absolute Gasteiger partial charge is 0.338 e. The first kappa shape index (κ1) is 19.9. The average Bonchev–Trinajstić information content (AvgIpc) is 2.70. The lowest BCUT2D eigenvalue weighted by Crippen LogP contribution is -2.21. The standard InChI is InChI=1S/C19H21NO7/c1-23-14-7-5-6-13(10-14)20-17(21)11-27-19(22)12-8-15(24-2)18(26-4)16(9-12)25-3/h5-10H,11H2,1-4H3,(H,20,21). The van der Waals surface area contributed by atoms with Gasteiger partial charge < -0.3 is 29.0 Å². The van der Waals surface area contributed by atoms with Gasteiger partial charge in [-0.3, -0.25) is 4.79 Å². The highest BCUT2D eigenvalue weighted by atomic mass is 16.5. The van der Waals surface area contributed by atoms with Crippen LogP contribution >= 0.6 is 0 Å². The molecule has 0 aliphatic heterocycles. The fourth-order valence-electron chi connectivity index (χ4n) is 2.31. The molecule has 0 heterocycles. The molecule has 0 bridgehead atoms. The number of carbonyl (C=O) groups excluding carboxylic acids is 2. The van der Waals surface area contributed by atoms with E-state index in [0.29, 0.717) is 28.7 Å². The lowest BCUT2D eigenvalue weighted by molar-refractivity contribution is -0.119. The normalized spacial score (nSPS) is 9.93. The van der Waals surface area contributed by atoms with Gasteiger partial charge in [-0.2, -0.15) is 0 Å². The maximum Gasteiger partial charge on any atom is 0.338 e. The predicted octanol–water partition coefficient (Wildman–Crippen LogP) is 2.52. The van der Waals surface area contributed by atoms with E-state index in [1.165, 1.54) is 40.6 Å². The summed E-state index contributed by atoms with van der Waals surface area (Å²) in [5.41, 5.74) is 0.696. The number of benzene rings is 2. The highest BCUT2D eigenvalue weighted by Gasteiger charge is 2.18. The van der Waals surface area contributed by atoms with Gasteiger partial charge in [0.05, 0.1) is 34.0 Å².